The van der Waals surface area contributed by atoms with Gasteiger partial charge in [0, 0.05) is 24.7 Å². The zero-order chi connectivity index (χ0) is 17.3. The number of hydrogen-bond donors (Lipinski definition) is 3. The summed E-state index contributed by atoms with van der Waals surface area (Å²) in [5.74, 6) is -0.397. The Morgan fingerprint density at radius 1 is 1.29 bits per heavy atom. The van der Waals surface area contributed by atoms with Gasteiger partial charge in [0.2, 0.25) is 0 Å². The SMILES string of the molecule is CN[C@@H]1CCCN(C(=O)c2ccc([C@@]3(C)NC(=O)NC3=O)cc2)C1. The molecule has 7 heteroatoms. The molecule has 0 bridgehead atoms. The summed E-state index contributed by atoms with van der Waals surface area (Å²) in [6.07, 6.45) is 2.06. The van der Waals surface area contributed by atoms with Crippen molar-refractivity contribution in [3.8, 4) is 0 Å². The molecule has 0 saturated carbocycles. The van der Waals surface area contributed by atoms with E-state index < -0.39 is 11.6 Å². The lowest BCUT2D eigenvalue weighted by atomic mass is 9.91. The minimum Gasteiger partial charge on any atom is -0.337 e. The number of carbonyl (C=O) groups is 3. The first kappa shape index (κ1) is 16.4. The number of benzene rings is 1. The van der Waals surface area contributed by atoms with Crippen LogP contribution in [0.3, 0.4) is 0 Å². The van der Waals surface area contributed by atoms with E-state index in [1.54, 1.807) is 31.2 Å². The molecule has 24 heavy (non-hydrogen) atoms. The molecule has 0 unspecified atom stereocenters. The van der Waals surface area contributed by atoms with E-state index in [4.69, 9.17) is 0 Å². The Hall–Kier alpha value is -2.41. The predicted octanol–water partition coefficient (Wildman–Crippen LogP) is 0.565. The van der Waals surface area contributed by atoms with Crippen LogP contribution in [0.15, 0.2) is 24.3 Å². The number of nitrogens with one attached hydrogen (secondary N) is 3. The summed E-state index contributed by atoms with van der Waals surface area (Å²) >= 11 is 0. The first-order chi connectivity index (χ1) is 11.4. The van der Waals surface area contributed by atoms with Gasteiger partial charge in [0.1, 0.15) is 5.54 Å². The molecule has 2 heterocycles. The highest BCUT2D eigenvalue weighted by atomic mass is 16.2. The standard InChI is InChI=1S/C17H22N4O3/c1-17(15(23)19-16(24)20-17)12-7-5-11(6-8-12)14(22)21-9-3-4-13(10-21)18-2/h5-8,13,18H,3-4,9-10H2,1-2H3,(H2,19,20,23,24)/t13-,17-/m1/s1. The number of hydrogen-bond acceptors (Lipinski definition) is 4. The van der Waals surface area contributed by atoms with Crippen LogP contribution in [-0.4, -0.2) is 48.9 Å². The molecule has 2 aliphatic rings. The number of likely N-dealkylation sites (tertiary alicyclic amines) is 1. The Kier molecular flexibility index (Phi) is 4.28. The fourth-order valence-corrected chi connectivity index (χ4v) is 3.27. The van der Waals surface area contributed by atoms with Crippen LogP contribution in [0.5, 0.6) is 0 Å². The maximum Gasteiger partial charge on any atom is 0.322 e. The van der Waals surface area contributed by atoms with Crippen LogP contribution in [0.25, 0.3) is 0 Å². The van der Waals surface area contributed by atoms with Crippen molar-refractivity contribution in [2.45, 2.75) is 31.3 Å². The minimum atomic E-state index is -1.10. The molecule has 3 N–H and O–H groups in total. The van der Waals surface area contributed by atoms with Gasteiger partial charge >= 0.3 is 6.03 Å². The summed E-state index contributed by atoms with van der Waals surface area (Å²) in [7, 11) is 1.91. The lowest BCUT2D eigenvalue weighted by Gasteiger charge is -2.32. The van der Waals surface area contributed by atoms with E-state index in [9.17, 15) is 14.4 Å². The van der Waals surface area contributed by atoms with E-state index in [0.717, 1.165) is 19.4 Å². The number of nitrogens with zero attached hydrogens (tertiary/aromatic N) is 1. The van der Waals surface area contributed by atoms with Crippen molar-refractivity contribution in [3.05, 3.63) is 35.4 Å². The van der Waals surface area contributed by atoms with Gasteiger partial charge in [-0.05, 0) is 44.5 Å². The average molecular weight is 330 g/mol. The highest BCUT2D eigenvalue weighted by Gasteiger charge is 2.43. The smallest absolute Gasteiger partial charge is 0.322 e. The van der Waals surface area contributed by atoms with Gasteiger partial charge < -0.3 is 15.5 Å². The summed E-state index contributed by atoms with van der Waals surface area (Å²) in [4.78, 5) is 37.8. The van der Waals surface area contributed by atoms with Gasteiger partial charge in [-0.2, -0.15) is 0 Å². The Balaban J connectivity index is 1.76. The Morgan fingerprint density at radius 2 is 2.00 bits per heavy atom. The van der Waals surface area contributed by atoms with Gasteiger partial charge in [-0.3, -0.25) is 14.9 Å². The average Bonchev–Trinajstić information content (AvgIpc) is 2.87. The van der Waals surface area contributed by atoms with E-state index in [1.165, 1.54) is 0 Å². The van der Waals surface area contributed by atoms with E-state index in [2.05, 4.69) is 16.0 Å². The number of carbonyl (C=O) groups excluding carboxylic acids is 3. The summed E-state index contributed by atoms with van der Waals surface area (Å²) in [6, 6.07) is 6.69. The third kappa shape index (κ3) is 2.87. The number of imide groups is 1. The molecule has 7 nitrogen and oxygen atoms in total. The molecule has 1 aromatic rings. The monoisotopic (exact) mass is 330 g/mol. The van der Waals surface area contributed by atoms with Crippen molar-refractivity contribution in [1.82, 2.24) is 20.9 Å². The van der Waals surface area contributed by atoms with Crippen LogP contribution in [0.2, 0.25) is 0 Å². The normalized spacial score (nSPS) is 26.9. The molecule has 2 saturated heterocycles. The van der Waals surface area contributed by atoms with Crippen molar-refractivity contribution in [2.24, 2.45) is 0 Å². The van der Waals surface area contributed by atoms with E-state index in [1.807, 2.05) is 11.9 Å². The Bertz CT molecular complexity index is 673. The zero-order valence-corrected chi connectivity index (χ0v) is 13.9. The first-order valence-electron chi connectivity index (χ1n) is 8.14. The number of amides is 4. The third-order valence-electron chi connectivity index (χ3n) is 4.87. The van der Waals surface area contributed by atoms with E-state index in [0.29, 0.717) is 23.7 Å². The molecule has 4 amide bonds. The van der Waals surface area contributed by atoms with Crippen molar-refractivity contribution in [2.75, 3.05) is 20.1 Å². The van der Waals surface area contributed by atoms with Gasteiger partial charge in [0.15, 0.2) is 0 Å². The fraction of sp³-hybridized carbons (Fsp3) is 0.471. The molecule has 1 aromatic carbocycles. The summed E-state index contributed by atoms with van der Waals surface area (Å²) in [5, 5.41) is 8.08. The Labute approximate surface area is 140 Å². The van der Waals surface area contributed by atoms with Crippen molar-refractivity contribution >= 4 is 17.8 Å². The second-order valence-corrected chi connectivity index (χ2v) is 6.49. The quantitative estimate of drug-likeness (QED) is 0.707. The molecular formula is C17H22N4O3. The topological polar surface area (TPSA) is 90.5 Å². The molecule has 0 aromatic heterocycles. The number of likely N-dealkylation sites (N-methyl/N-ethyl adjacent to an activating group) is 1. The number of urea groups is 1. The van der Waals surface area contributed by atoms with Crippen molar-refractivity contribution in [3.63, 3.8) is 0 Å². The second-order valence-electron chi connectivity index (χ2n) is 6.49. The first-order valence-corrected chi connectivity index (χ1v) is 8.14. The summed E-state index contributed by atoms with van der Waals surface area (Å²) in [5.41, 5.74) is 0.138. The van der Waals surface area contributed by atoms with Crippen LogP contribution in [-0.2, 0) is 10.3 Å². The molecular weight excluding hydrogens is 308 g/mol. The molecule has 2 aliphatic heterocycles. The van der Waals surface area contributed by atoms with Crippen LogP contribution >= 0.6 is 0 Å². The molecule has 3 rings (SSSR count). The Morgan fingerprint density at radius 3 is 2.58 bits per heavy atom. The molecule has 0 radical (unpaired) electrons. The van der Waals surface area contributed by atoms with Gasteiger partial charge in [0.25, 0.3) is 11.8 Å². The highest BCUT2D eigenvalue weighted by Crippen LogP contribution is 2.25. The van der Waals surface area contributed by atoms with Crippen LogP contribution in [0.1, 0.15) is 35.7 Å². The van der Waals surface area contributed by atoms with Gasteiger partial charge in [-0.15, -0.1) is 0 Å². The summed E-state index contributed by atoms with van der Waals surface area (Å²) < 4.78 is 0. The number of rotatable bonds is 3. The van der Waals surface area contributed by atoms with E-state index >= 15 is 0 Å². The van der Waals surface area contributed by atoms with Gasteiger partial charge in [0.05, 0.1) is 0 Å². The lowest BCUT2D eigenvalue weighted by molar-refractivity contribution is -0.123. The third-order valence-corrected chi connectivity index (χ3v) is 4.87. The van der Waals surface area contributed by atoms with Gasteiger partial charge in [-0.1, -0.05) is 12.1 Å². The van der Waals surface area contributed by atoms with Crippen LogP contribution < -0.4 is 16.0 Å². The van der Waals surface area contributed by atoms with Gasteiger partial charge in [-0.25, -0.2) is 4.79 Å². The molecule has 2 atom stereocenters. The number of piperidine rings is 1. The predicted molar refractivity (Wildman–Crippen MR) is 88.5 cm³/mol. The van der Waals surface area contributed by atoms with Crippen LogP contribution in [0, 0.1) is 0 Å². The second kappa shape index (κ2) is 6.24. The zero-order valence-electron chi connectivity index (χ0n) is 13.9. The maximum atomic E-state index is 12.6. The van der Waals surface area contributed by atoms with Crippen molar-refractivity contribution in [1.29, 1.82) is 0 Å². The molecule has 128 valence electrons. The highest BCUT2D eigenvalue weighted by molar-refractivity contribution is 6.07. The molecule has 0 aliphatic carbocycles. The lowest BCUT2D eigenvalue weighted by Crippen LogP contribution is -2.47. The van der Waals surface area contributed by atoms with Crippen LogP contribution in [0.4, 0.5) is 4.79 Å². The largest absolute Gasteiger partial charge is 0.337 e. The summed E-state index contributed by atoms with van der Waals surface area (Å²) in [6.45, 7) is 3.11. The fourth-order valence-electron chi connectivity index (χ4n) is 3.27. The van der Waals surface area contributed by atoms with E-state index in [-0.39, 0.29) is 11.8 Å². The maximum absolute atomic E-state index is 12.6. The molecule has 0 spiro atoms. The molecule has 2 fully saturated rings. The van der Waals surface area contributed by atoms with Crippen molar-refractivity contribution < 1.29 is 14.4 Å². The minimum absolute atomic E-state index is 0.00781.